The van der Waals surface area contributed by atoms with E-state index in [4.69, 9.17) is 9.57 Å². The number of benzene rings is 2. The van der Waals surface area contributed by atoms with Crippen molar-refractivity contribution in [2.75, 3.05) is 6.61 Å². The van der Waals surface area contributed by atoms with Gasteiger partial charge in [0.2, 0.25) is 0 Å². The Hall–Kier alpha value is -3.22. The Morgan fingerprint density at radius 3 is 2.77 bits per heavy atom. The van der Waals surface area contributed by atoms with Crippen molar-refractivity contribution in [3.8, 4) is 11.3 Å². The van der Waals surface area contributed by atoms with E-state index in [1.807, 2.05) is 48.7 Å². The number of hydrogen-bond acceptors (Lipinski definition) is 4. The molecule has 154 valence electrons. The quantitative estimate of drug-likeness (QED) is 0.457. The third-order valence-electron chi connectivity index (χ3n) is 4.92. The van der Waals surface area contributed by atoms with E-state index >= 15 is 0 Å². The van der Waals surface area contributed by atoms with Crippen LogP contribution in [0.2, 0.25) is 0 Å². The van der Waals surface area contributed by atoms with Gasteiger partial charge in [0.25, 0.3) is 5.91 Å². The third-order valence-corrected chi connectivity index (χ3v) is 4.92. The average Bonchev–Trinajstić information content (AvgIpc) is 3.27. The van der Waals surface area contributed by atoms with Gasteiger partial charge in [-0.3, -0.25) is 4.79 Å². The van der Waals surface area contributed by atoms with E-state index < -0.39 is 0 Å². The Morgan fingerprint density at radius 1 is 1.17 bits per heavy atom. The number of carbonyl (C=O) groups is 1. The highest BCUT2D eigenvalue weighted by Crippen LogP contribution is 2.18. The number of aromatic nitrogens is 2. The number of aromatic amines is 1. The molecule has 1 unspecified atom stereocenters. The van der Waals surface area contributed by atoms with Crippen LogP contribution in [0.3, 0.4) is 0 Å². The highest BCUT2D eigenvalue weighted by molar-refractivity contribution is 5.90. The number of rotatable bonds is 7. The molecule has 0 spiro atoms. The molecule has 1 aromatic heterocycles. The minimum Gasteiger partial charge on any atom is -0.350 e. The average molecular weight is 403 g/mol. The maximum absolute atomic E-state index is 11.9. The van der Waals surface area contributed by atoms with Crippen LogP contribution >= 0.6 is 0 Å². The lowest BCUT2D eigenvalue weighted by atomic mass is 10.1. The number of imidazole rings is 1. The first-order valence-corrected chi connectivity index (χ1v) is 10.2. The number of H-pyrrole nitrogens is 1. The first-order chi connectivity index (χ1) is 14.8. The van der Waals surface area contributed by atoms with Crippen LogP contribution in [-0.2, 0) is 20.8 Å². The van der Waals surface area contributed by atoms with Crippen molar-refractivity contribution < 1.29 is 14.4 Å². The second-order valence-corrected chi connectivity index (χ2v) is 7.24. The standard InChI is InChI=1S/C24H25N3O3/c28-23(27-30-24-8-4-5-15-29-24)14-13-18-9-11-19(12-10-18)16-22-25-17-21(26-22)20-6-2-1-3-7-20/h1-3,6-7,9-14,17,24H,4-5,8,15-16H2,(H,25,26)(H,27,28). The fourth-order valence-corrected chi connectivity index (χ4v) is 3.29. The van der Waals surface area contributed by atoms with Crippen LogP contribution < -0.4 is 5.48 Å². The number of hydrogen-bond donors (Lipinski definition) is 2. The summed E-state index contributed by atoms with van der Waals surface area (Å²) in [6.07, 6.45) is 8.33. The highest BCUT2D eigenvalue weighted by atomic mass is 16.8. The summed E-state index contributed by atoms with van der Waals surface area (Å²) in [7, 11) is 0. The zero-order chi connectivity index (χ0) is 20.6. The van der Waals surface area contributed by atoms with Gasteiger partial charge in [-0.25, -0.2) is 15.3 Å². The second kappa shape index (κ2) is 10.0. The molecular formula is C24H25N3O3. The molecule has 1 saturated heterocycles. The van der Waals surface area contributed by atoms with E-state index in [1.54, 1.807) is 6.08 Å². The number of nitrogens with one attached hydrogen (secondary N) is 2. The fourth-order valence-electron chi connectivity index (χ4n) is 3.29. The van der Waals surface area contributed by atoms with E-state index in [9.17, 15) is 4.79 Å². The minimum absolute atomic E-state index is 0.308. The van der Waals surface area contributed by atoms with Crippen molar-refractivity contribution in [2.24, 2.45) is 0 Å². The van der Waals surface area contributed by atoms with Gasteiger partial charge in [-0.2, -0.15) is 0 Å². The zero-order valence-corrected chi connectivity index (χ0v) is 16.7. The van der Waals surface area contributed by atoms with Gasteiger partial charge in [0.1, 0.15) is 5.82 Å². The van der Waals surface area contributed by atoms with Crippen molar-refractivity contribution in [3.05, 3.63) is 83.8 Å². The maximum atomic E-state index is 11.9. The van der Waals surface area contributed by atoms with Gasteiger partial charge in [0.15, 0.2) is 6.29 Å². The lowest BCUT2D eigenvalue weighted by Crippen LogP contribution is -2.32. The van der Waals surface area contributed by atoms with Crippen LogP contribution in [0.25, 0.3) is 17.3 Å². The molecule has 0 aliphatic carbocycles. The van der Waals surface area contributed by atoms with Crippen LogP contribution in [0.5, 0.6) is 0 Å². The molecule has 6 nitrogen and oxygen atoms in total. The number of amides is 1. The number of ether oxygens (including phenoxy) is 1. The fraction of sp³-hybridized carbons (Fsp3) is 0.250. The van der Waals surface area contributed by atoms with Crippen molar-refractivity contribution in [1.29, 1.82) is 0 Å². The van der Waals surface area contributed by atoms with Crippen molar-refractivity contribution >= 4 is 12.0 Å². The van der Waals surface area contributed by atoms with Crippen molar-refractivity contribution in [3.63, 3.8) is 0 Å². The van der Waals surface area contributed by atoms with Crippen LogP contribution in [0.15, 0.2) is 66.9 Å². The molecule has 1 atom stereocenters. The molecule has 0 radical (unpaired) electrons. The van der Waals surface area contributed by atoms with Gasteiger partial charge in [-0.1, -0.05) is 54.6 Å². The second-order valence-electron chi connectivity index (χ2n) is 7.24. The van der Waals surface area contributed by atoms with Gasteiger partial charge in [0, 0.05) is 25.5 Å². The lowest BCUT2D eigenvalue weighted by molar-refractivity contribution is -0.198. The van der Waals surface area contributed by atoms with Crippen LogP contribution in [0.4, 0.5) is 0 Å². The molecule has 0 bridgehead atoms. The summed E-state index contributed by atoms with van der Waals surface area (Å²) in [5.74, 6) is 0.607. The Morgan fingerprint density at radius 2 is 2.00 bits per heavy atom. The molecule has 30 heavy (non-hydrogen) atoms. The van der Waals surface area contributed by atoms with E-state index in [1.165, 1.54) is 6.08 Å². The Kier molecular flexibility index (Phi) is 6.69. The zero-order valence-electron chi connectivity index (χ0n) is 16.7. The molecule has 1 amide bonds. The van der Waals surface area contributed by atoms with Gasteiger partial charge < -0.3 is 9.72 Å². The molecule has 1 fully saturated rings. The minimum atomic E-state index is -0.348. The van der Waals surface area contributed by atoms with E-state index in [2.05, 4.69) is 27.6 Å². The van der Waals surface area contributed by atoms with Gasteiger partial charge in [-0.15, -0.1) is 0 Å². The Balaban J connectivity index is 1.28. The van der Waals surface area contributed by atoms with Gasteiger partial charge >= 0.3 is 0 Å². The van der Waals surface area contributed by atoms with Gasteiger partial charge in [0.05, 0.1) is 11.9 Å². The van der Waals surface area contributed by atoms with Crippen LogP contribution in [0, 0.1) is 0 Å². The summed E-state index contributed by atoms with van der Waals surface area (Å²) in [4.78, 5) is 25.0. The summed E-state index contributed by atoms with van der Waals surface area (Å²) < 4.78 is 5.41. The molecule has 2 heterocycles. The van der Waals surface area contributed by atoms with Crippen LogP contribution in [0.1, 0.15) is 36.2 Å². The molecule has 6 heteroatoms. The molecule has 2 N–H and O–H groups in total. The van der Waals surface area contributed by atoms with E-state index in [-0.39, 0.29) is 12.2 Å². The highest BCUT2D eigenvalue weighted by Gasteiger charge is 2.14. The number of nitrogens with zero attached hydrogens (tertiary/aromatic N) is 1. The summed E-state index contributed by atoms with van der Waals surface area (Å²) in [5.41, 5.74) is 6.63. The summed E-state index contributed by atoms with van der Waals surface area (Å²) in [6.45, 7) is 0.675. The smallest absolute Gasteiger partial charge is 0.267 e. The molecule has 4 rings (SSSR count). The SMILES string of the molecule is O=C(C=Cc1ccc(Cc2ncc(-c3ccccc3)[nH]2)cc1)NOC1CCCCO1. The Bertz CT molecular complexity index is 974. The molecule has 2 aromatic carbocycles. The van der Waals surface area contributed by atoms with Gasteiger partial charge in [-0.05, 0) is 35.6 Å². The lowest BCUT2D eigenvalue weighted by Gasteiger charge is -2.21. The molecule has 0 saturated carbocycles. The topological polar surface area (TPSA) is 76.2 Å². The summed E-state index contributed by atoms with van der Waals surface area (Å²) >= 11 is 0. The molecule has 1 aliphatic rings. The first-order valence-electron chi connectivity index (χ1n) is 10.2. The maximum Gasteiger partial charge on any atom is 0.267 e. The first kappa shape index (κ1) is 20.1. The van der Waals surface area contributed by atoms with Crippen molar-refractivity contribution in [1.82, 2.24) is 15.4 Å². The molecular weight excluding hydrogens is 378 g/mol. The van der Waals surface area contributed by atoms with E-state index in [0.717, 1.165) is 47.5 Å². The third kappa shape index (κ3) is 5.65. The van der Waals surface area contributed by atoms with E-state index in [0.29, 0.717) is 13.0 Å². The summed E-state index contributed by atoms with van der Waals surface area (Å²) in [5, 5.41) is 0. The monoisotopic (exact) mass is 403 g/mol. The Labute approximate surface area is 175 Å². The predicted octanol–water partition coefficient (Wildman–Crippen LogP) is 4.26. The normalized spacial score (nSPS) is 16.6. The van der Waals surface area contributed by atoms with Crippen LogP contribution in [-0.4, -0.2) is 28.8 Å². The largest absolute Gasteiger partial charge is 0.350 e. The molecule has 1 aliphatic heterocycles. The number of carbonyl (C=O) groups excluding carboxylic acids is 1. The number of hydroxylamine groups is 1. The predicted molar refractivity (Wildman–Crippen MR) is 115 cm³/mol. The van der Waals surface area contributed by atoms with Crippen molar-refractivity contribution in [2.45, 2.75) is 32.0 Å². The molecule has 3 aromatic rings. The summed E-state index contributed by atoms with van der Waals surface area (Å²) in [6, 6.07) is 18.2.